The van der Waals surface area contributed by atoms with Gasteiger partial charge in [-0.15, -0.1) is 0 Å². The third kappa shape index (κ3) is 0.673. The minimum Gasteiger partial charge on any atom is -0.334 e. The Kier molecular flexibility index (Phi) is 0.967. The van der Waals surface area contributed by atoms with E-state index in [2.05, 4.69) is 4.76 Å². The van der Waals surface area contributed by atoms with Crippen LogP contribution < -0.4 is 0 Å². The van der Waals surface area contributed by atoms with Gasteiger partial charge in [-0.1, -0.05) is 0 Å². The number of hydrogen-bond donors (Lipinski definition) is 0. The molecule has 1 aliphatic rings. The number of hydrogen-bond acceptors (Lipinski definition) is 2. The van der Waals surface area contributed by atoms with Gasteiger partial charge in [0.2, 0.25) is 0 Å². The van der Waals surface area contributed by atoms with Crippen LogP contribution in [-0.4, -0.2) is 12.8 Å². The van der Waals surface area contributed by atoms with Crippen molar-refractivity contribution in [3.05, 3.63) is 0 Å². The van der Waals surface area contributed by atoms with Crippen LogP contribution in [0.1, 0.15) is 0 Å². The molecule has 0 saturated heterocycles. The Hall–Kier alpha value is 0.0600. The van der Waals surface area contributed by atoms with Crippen molar-refractivity contribution >= 4 is 15.2 Å². The molecule has 0 amide bonds. The van der Waals surface area contributed by atoms with E-state index in [0.29, 0.717) is 8.96 Å². The Morgan fingerprint density at radius 3 is 3.20 bits per heavy atom. The van der Waals surface area contributed by atoms with E-state index in [4.69, 9.17) is 4.52 Å². The van der Waals surface area contributed by atoms with E-state index in [1.807, 2.05) is 0 Å². The zero-order chi connectivity index (χ0) is 3.54. The van der Waals surface area contributed by atoms with Crippen LogP contribution in [0.2, 0.25) is 0 Å². The molecule has 0 bridgehead atoms. The van der Waals surface area contributed by atoms with Gasteiger partial charge in [-0.25, -0.2) is 4.76 Å². The van der Waals surface area contributed by atoms with Crippen LogP contribution in [0.4, 0.5) is 0 Å². The molecule has 0 aliphatic carbocycles. The maximum atomic E-state index is 4.75. The molecule has 0 radical (unpaired) electrons. The van der Waals surface area contributed by atoms with E-state index >= 15 is 0 Å². The molecular formula is C2H4NOP. The second kappa shape index (κ2) is 1.48. The molecule has 0 aromatic carbocycles. The second-order valence-corrected chi connectivity index (χ2v) is 1.44. The fraction of sp³-hybridized carbons (Fsp3) is 0.500. The van der Waals surface area contributed by atoms with Crippen molar-refractivity contribution in [1.29, 1.82) is 0 Å². The quantitative estimate of drug-likeness (QED) is 0.398. The van der Waals surface area contributed by atoms with Crippen molar-refractivity contribution in [2.24, 2.45) is 4.76 Å². The molecule has 0 spiro atoms. The van der Waals surface area contributed by atoms with Crippen molar-refractivity contribution in [3.8, 4) is 0 Å². The molecule has 0 aromatic heterocycles. The maximum absolute atomic E-state index is 4.75. The molecule has 5 heavy (non-hydrogen) atoms. The summed E-state index contributed by atoms with van der Waals surface area (Å²) in [6.45, 7) is 0.721. The highest BCUT2D eigenvalue weighted by Crippen LogP contribution is 2.15. The predicted octanol–water partition coefficient (Wildman–Crippen LogP) is 0.596. The summed E-state index contributed by atoms with van der Waals surface area (Å²) in [7, 11) is 0.378. The van der Waals surface area contributed by atoms with Gasteiger partial charge in [-0.2, -0.15) is 0 Å². The molecule has 0 fully saturated rings. The standard InChI is InChI=1S/C2H4NOP/c1-2-4-5-3-1/h1,5H,2H2. The van der Waals surface area contributed by atoms with Gasteiger partial charge >= 0.3 is 0 Å². The van der Waals surface area contributed by atoms with E-state index in [1.165, 1.54) is 0 Å². The van der Waals surface area contributed by atoms with Gasteiger partial charge in [0, 0.05) is 6.21 Å². The van der Waals surface area contributed by atoms with Gasteiger partial charge in [-0.05, 0) is 0 Å². The first-order chi connectivity index (χ1) is 2.50. The number of rotatable bonds is 0. The summed E-state index contributed by atoms with van der Waals surface area (Å²) < 4.78 is 8.51. The minimum absolute atomic E-state index is 0.378. The lowest BCUT2D eigenvalue weighted by Crippen LogP contribution is -1.72. The van der Waals surface area contributed by atoms with Crippen LogP contribution in [0.25, 0.3) is 0 Å². The topological polar surface area (TPSA) is 21.6 Å². The average Bonchev–Trinajstić information content (AvgIpc) is 1.76. The van der Waals surface area contributed by atoms with Gasteiger partial charge in [0.05, 0.1) is 6.61 Å². The second-order valence-electron chi connectivity index (χ2n) is 0.714. The maximum Gasteiger partial charge on any atom is 0.137 e. The SMILES string of the molecule is C1=NPOC1. The summed E-state index contributed by atoms with van der Waals surface area (Å²) in [5.74, 6) is 0. The summed E-state index contributed by atoms with van der Waals surface area (Å²) >= 11 is 0. The van der Waals surface area contributed by atoms with Gasteiger partial charge in [0.25, 0.3) is 0 Å². The smallest absolute Gasteiger partial charge is 0.137 e. The highest BCUT2D eigenvalue weighted by molar-refractivity contribution is 7.31. The summed E-state index contributed by atoms with van der Waals surface area (Å²) in [5, 5.41) is 0. The van der Waals surface area contributed by atoms with Gasteiger partial charge in [0.1, 0.15) is 8.96 Å². The summed E-state index contributed by atoms with van der Waals surface area (Å²) in [6, 6.07) is 0. The molecule has 1 aliphatic heterocycles. The van der Waals surface area contributed by atoms with E-state index in [-0.39, 0.29) is 0 Å². The van der Waals surface area contributed by atoms with E-state index in [0.717, 1.165) is 6.61 Å². The third-order valence-corrected chi connectivity index (χ3v) is 0.950. The van der Waals surface area contributed by atoms with Crippen molar-refractivity contribution < 1.29 is 4.52 Å². The van der Waals surface area contributed by atoms with Gasteiger partial charge in [-0.3, -0.25) is 0 Å². The fourth-order valence-electron chi connectivity index (χ4n) is 0.186. The predicted molar refractivity (Wildman–Crippen MR) is 22.8 cm³/mol. The first-order valence-electron chi connectivity index (χ1n) is 1.38. The molecule has 0 saturated carbocycles. The van der Waals surface area contributed by atoms with E-state index in [1.54, 1.807) is 6.21 Å². The Labute approximate surface area is 32.2 Å². The van der Waals surface area contributed by atoms with Crippen LogP contribution in [0.5, 0.6) is 0 Å². The zero-order valence-corrected chi connectivity index (χ0v) is 3.64. The molecule has 3 heteroatoms. The van der Waals surface area contributed by atoms with Crippen molar-refractivity contribution in [2.75, 3.05) is 6.61 Å². The van der Waals surface area contributed by atoms with Crippen LogP contribution in [0, 0.1) is 0 Å². The van der Waals surface area contributed by atoms with Gasteiger partial charge < -0.3 is 4.52 Å². The summed E-state index contributed by atoms with van der Waals surface area (Å²) in [4.78, 5) is 0. The third-order valence-electron chi connectivity index (χ3n) is 0.366. The highest BCUT2D eigenvalue weighted by atomic mass is 31.1. The number of nitrogens with zero attached hydrogens (tertiary/aromatic N) is 1. The van der Waals surface area contributed by atoms with Crippen molar-refractivity contribution in [1.82, 2.24) is 0 Å². The molecule has 1 heterocycles. The molecule has 0 aromatic rings. The van der Waals surface area contributed by atoms with Crippen LogP contribution in [0.3, 0.4) is 0 Å². The van der Waals surface area contributed by atoms with E-state index in [9.17, 15) is 0 Å². The Balaban J connectivity index is 2.32. The first-order valence-corrected chi connectivity index (χ1v) is 2.24. The van der Waals surface area contributed by atoms with Crippen molar-refractivity contribution in [3.63, 3.8) is 0 Å². The van der Waals surface area contributed by atoms with Crippen LogP contribution in [-0.2, 0) is 4.52 Å². The monoisotopic (exact) mass is 89.0 g/mol. The van der Waals surface area contributed by atoms with Crippen LogP contribution >= 0.6 is 8.96 Å². The fourth-order valence-corrected chi connectivity index (χ4v) is 0.559. The molecule has 1 atom stereocenters. The van der Waals surface area contributed by atoms with Gasteiger partial charge in [0.15, 0.2) is 0 Å². The van der Waals surface area contributed by atoms with E-state index < -0.39 is 0 Å². The lowest BCUT2D eigenvalue weighted by Gasteiger charge is -1.74. The first kappa shape index (κ1) is 3.26. The molecule has 1 unspecified atom stereocenters. The molecule has 28 valence electrons. The average molecular weight is 89.0 g/mol. The Morgan fingerprint density at radius 1 is 2.00 bits per heavy atom. The summed E-state index contributed by atoms with van der Waals surface area (Å²) in [6.07, 6.45) is 1.78. The lowest BCUT2D eigenvalue weighted by atomic mass is 10.8. The Bertz CT molecular complexity index is 47.6. The highest BCUT2D eigenvalue weighted by Gasteiger charge is 1.84. The zero-order valence-electron chi connectivity index (χ0n) is 2.64. The lowest BCUT2D eigenvalue weighted by molar-refractivity contribution is 0.448. The molecule has 0 N–H and O–H groups in total. The largest absolute Gasteiger partial charge is 0.334 e. The summed E-state index contributed by atoms with van der Waals surface area (Å²) in [5.41, 5.74) is 0. The molecule has 1 rings (SSSR count). The Morgan fingerprint density at radius 2 is 3.00 bits per heavy atom. The molecule has 2 nitrogen and oxygen atoms in total. The normalized spacial score (nSPS) is 25.6. The minimum atomic E-state index is 0.378. The van der Waals surface area contributed by atoms with Crippen LogP contribution in [0.15, 0.2) is 4.76 Å². The molecular weight excluding hydrogens is 85.0 g/mol. The van der Waals surface area contributed by atoms with Crippen molar-refractivity contribution in [2.45, 2.75) is 0 Å².